The van der Waals surface area contributed by atoms with Crippen LogP contribution in [0.25, 0.3) is 22.7 Å². The number of anilines is 1. The summed E-state index contributed by atoms with van der Waals surface area (Å²) < 4.78 is 5.46. The lowest BCUT2D eigenvalue weighted by Gasteiger charge is -2.14. The molecule has 0 aliphatic carbocycles. The second-order valence-electron chi connectivity index (χ2n) is 5.64. The zero-order valence-corrected chi connectivity index (χ0v) is 14.5. The van der Waals surface area contributed by atoms with Crippen molar-refractivity contribution in [2.24, 2.45) is 5.73 Å². The summed E-state index contributed by atoms with van der Waals surface area (Å²) in [7, 11) is 0. The lowest BCUT2D eigenvalue weighted by molar-refractivity contribution is 0.477. The first kappa shape index (κ1) is 17.3. The van der Waals surface area contributed by atoms with Gasteiger partial charge in [-0.05, 0) is 36.8 Å². The number of halogens is 1. The first-order chi connectivity index (χ1) is 12.1. The second-order valence-corrected chi connectivity index (χ2v) is 6.08. The van der Waals surface area contributed by atoms with Crippen LogP contribution in [0, 0.1) is 0 Å². The van der Waals surface area contributed by atoms with Crippen LogP contribution in [0.1, 0.15) is 13.3 Å². The quantitative estimate of drug-likeness (QED) is 0.618. The normalized spacial score (nSPS) is 12.1. The molecule has 0 bridgehead atoms. The Bertz CT molecular complexity index is 852. The molecule has 2 aromatic heterocycles. The topological polar surface area (TPSA) is 97.2 Å². The Balaban J connectivity index is 2.03. The summed E-state index contributed by atoms with van der Waals surface area (Å²) in [6.07, 6.45) is 4.09. The van der Waals surface area contributed by atoms with E-state index < -0.39 is 0 Å². The highest BCUT2D eigenvalue weighted by molar-refractivity contribution is 6.30. The number of hydrogen-bond acceptors (Lipinski definition) is 6. The van der Waals surface area contributed by atoms with Gasteiger partial charge in [-0.2, -0.15) is 0 Å². The lowest BCUT2D eigenvalue weighted by Crippen LogP contribution is -2.28. The van der Waals surface area contributed by atoms with E-state index in [2.05, 4.69) is 15.3 Å². The Morgan fingerprint density at radius 1 is 1.32 bits per heavy atom. The minimum atomic E-state index is 0.00226. The Morgan fingerprint density at radius 3 is 2.88 bits per heavy atom. The van der Waals surface area contributed by atoms with E-state index in [-0.39, 0.29) is 11.8 Å². The van der Waals surface area contributed by atoms with E-state index in [4.69, 9.17) is 21.8 Å². The maximum Gasteiger partial charge on any atom is 0.165 e. The summed E-state index contributed by atoms with van der Waals surface area (Å²) in [5.74, 6) is 1.66. The molecule has 130 valence electrons. The van der Waals surface area contributed by atoms with Crippen molar-refractivity contribution >= 4 is 17.4 Å². The molecule has 0 aliphatic heterocycles. The smallest absolute Gasteiger partial charge is 0.165 e. The molecule has 0 radical (unpaired) electrons. The molecule has 0 fully saturated rings. The Labute approximate surface area is 150 Å². The third-order valence-electron chi connectivity index (χ3n) is 3.83. The number of rotatable bonds is 6. The molecule has 3 rings (SSSR count). The van der Waals surface area contributed by atoms with Crippen molar-refractivity contribution < 1.29 is 9.52 Å². The van der Waals surface area contributed by atoms with Crippen molar-refractivity contribution in [1.29, 1.82) is 0 Å². The van der Waals surface area contributed by atoms with E-state index in [0.29, 0.717) is 34.5 Å². The molecule has 25 heavy (non-hydrogen) atoms. The Kier molecular flexibility index (Phi) is 5.21. The summed E-state index contributed by atoms with van der Waals surface area (Å²) in [4.78, 5) is 8.90. The Morgan fingerprint density at radius 2 is 2.16 bits per heavy atom. The van der Waals surface area contributed by atoms with E-state index in [1.54, 1.807) is 30.7 Å². The van der Waals surface area contributed by atoms with Crippen LogP contribution >= 0.6 is 11.6 Å². The van der Waals surface area contributed by atoms with E-state index in [1.165, 1.54) is 6.07 Å². The maximum atomic E-state index is 10.1. The summed E-state index contributed by atoms with van der Waals surface area (Å²) in [5.41, 5.74) is 7.18. The van der Waals surface area contributed by atoms with Gasteiger partial charge < -0.3 is 20.6 Å². The molecule has 3 aromatic rings. The summed E-state index contributed by atoms with van der Waals surface area (Å²) >= 11 is 6.03. The van der Waals surface area contributed by atoms with Crippen LogP contribution in [0.5, 0.6) is 5.75 Å². The molecule has 1 atom stereocenters. The summed E-state index contributed by atoms with van der Waals surface area (Å²) in [5, 5.41) is 13.8. The fourth-order valence-electron chi connectivity index (χ4n) is 2.32. The van der Waals surface area contributed by atoms with Crippen molar-refractivity contribution in [2.75, 3.05) is 11.9 Å². The van der Waals surface area contributed by atoms with Gasteiger partial charge in [-0.15, -0.1) is 0 Å². The van der Waals surface area contributed by atoms with Crippen molar-refractivity contribution in [1.82, 2.24) is 9.97 Å². The van der Waals surface area contributed by atoms with Gasteiger partial charge in [-0.25, -0.2) is 9.97 Å². The van der Waals surface area contributed by atoms with Gasteiger partial charge in [-0.1, -0.05) is 18.5 Å². The molecule has 0 spiro atoms. The average molecular weight is 359 g/mol. The van der Waals surface area contributed by atoms with Gasteiger partial charge in [-0.3, -0.25) is 0 Å². The predicted octanol–water partition coefficient (Wildman–Crippen LogP) is 3.91. The fourth-order valence-corrected chi connectivity index (χ4v) is 2.49. The van der Waals surface area contributed by atoms with Crippen molar-refractivity contribution in [3.05, 3.63) is 47.8 Å². The molecule has 2 heterocycles. The molecule has 1 aromatic carbocycles. The molecule has 7 heteroatoms. The van der Waals surface area contributed by atoms with Crippen LogP contribution < -0.4 is 11.1 Å². The molecule has 0 unspecified atom stereocenters. The number of phenols is 1. The van der Waals surface area contributed by atoms with Gasteiger partial charge in [0.25, 0.3) is 0 Å². The monoisotopic (exact) mass is 358 g/mol. The number of nitrogens with two attached hydrogens (primary N) is 1. The third-order valence-corrected chi connectivity index (χ3v) is 4.07. The van der Waals surface area contributed by atoms with E-state index in [0.717, 1.165) is 12.0 Å². The number of nitrogens with one attached hydrogen (secondary N) is 1. The highest BCUT2D eigenvalue weighted by Crippen LogP contribution is 2.33. The van der Waals surface area contributed by atoms with Crippen LogP contribution in [0.3, 0.4) is 0 Å². The molecule has 6 nitrogen and oxygen atoms in total. The van der Waals surface area contributed by atoms with Crippen molar-refractivity contribution in [2.45, 2.75) is 19.4 Å². The SMILES string of the molecule is CC[C@@H](N)CNc1nc(-c2cc(Cl)ccc2O)ncc1-c1ccco1. The third kappa shape index (κ3) is 3.92. The van der Waals surface area contributed by atoms with Crippen LogP contribution in [0.2, 0.25) is 5.02 Å². The number of phenolic OH excluding ortho intramolecular Hbond substituents is 1. The zero-order valence-electron chi connectivity index (χ0n) is 13.7. The molecule has 4 N–H and O–H groups in total. The molecule has 0 aliphatic rings. The largest absolute Gasteiger partial charge is 0.507 e. The predicted molar refractivity (Wildman–Crippen MR) is 98.6 cm³/mol. The van der Waals surface area contributed by atoms with E-state index >= 15 is 0 Å². The molecule has 0 saturated carbocycles. The first-order valence-electron chi connectivity index (χ1n) is 7.97. The van der Waals surface area contributed by atoms with Crippen LogP contribution in [-0.2, 0) is 0 Å². The summed E-state index contributed by atoms with van der Waals surface area (Å²) in [6, 6.07) is 8.38. The van der Waals surface area contributed by atoms with Crippen LogP contribution in [0.15, 0.2) is 47.2 Å². The highest BCUT2D eigenvalue weighted by Gasteiger charge is 2.15. The number of hydrogen-bond donors (Lipinski definition) is 3. The zero-order chi connectivity index (χ0) is 17.8. The minimum Gasteiger partial charge on any atom is -0.507 e. The molecular weight excluding hydrogens is 340 g/mol. The number of aromatic nitrogens is 2. The van der Waals surface area contributed by atoms with Gasteiger partial charge >= 0.3 is 0 Å². The van der Waals surface area contributed by atoms with E-state index in [1.807, 2.05) is 13.0 Å². The van der Waals surface area contributed by atoms with Gasteiger partial charge in [0.15, 0.2) is 5.82 Å². The van der Waals surface area contributed by atoms with Crippen LogP contribution in [0.4, 0.5) is 5.82 Å². The van der Waals surface area contributed by atoms with Gasteiger partial charge in [0.1, 0.15) is 17.3 Å². The van der Waals surface area contributed by atoms with Gasteiger partial charge in [0.05, 0.1) is 17.4 Å². The van der Waals surface area contributed by atoms with Gasteiger partial charge in [0.2, 0.25) is 0 Å². The number of furan rings is 1. The second kappa shape index (κ2) is 7.55. The Hall–Kier alpha value is -2.57. The fraction of sp³-hybridized carbons (Fsp3) is 0.222. The standard InChI is InChI=1S/C18H19ClN4O2/c1-2-12(20)9-21-18-14(16-4-3-7-25-16)10-22-17(23-18)13-8-11(19)5-6-15(13)24/h3-8,10,12,24H,2,9,20H2,1H3,(H,21,22,23)/t12-/m1/s1. The summed E-state index contributed by atoms with van der Waals surface area (Å²) in [6.45, 7) is 2.58. The average Bonchev–Trinajstić information content (AvgIpc) is 3.16. The number of aromatic hydroxyl groups is 1. The van der Waals surface area contributed by atoms with Crippen molar-refractivity contribution in [3.63, 3.8) is 0 Å². The first-order valence-corrected chi connectivity index (χ1v) is 8.35. The molecular formula is C18H19ClN4O2. The van der Waals surface area contributed by atoms with Crippen LogP contribution in [-0.4, -0.2) is 27.7 Å². The minimum absolute atomic E-state index is 0.00226. The number of nitrogens with zero attached hydrogens (tertiary/aromatic N) is 2. The highest BCUT2D eigenvalue weighted by atomic mass is 35.5. The lowest BCUT2D eigenvalue weighted by atomic mass is 10.1. The maximum absolute atomic E-state index is 10.1. The van der Waals surface area contributed by atoms with Gasteiger partial charge in [0, 0.05) is 23.8 Å². The molecule has 0 saturated heterocycles. The molecule has 0 amide bonds. The number of benzene rings is 1. The van der Waals surface area contributed by atoms with Crippen molar-refractivity contribution in [3.8, 4) is 28.5 Å². The van der Waals surface area contributed by atoms with E-state index in [9.17, 15) is 5.11 Å².